The van der Waals surface area contributed by atoms with Gasteiger partial charge in [0.15, 0.2) is 11.4 Å². The molecule has 0 radical (unpaired) electrons. The molecule has 1 aliphatic rings. The highest BCUT2D eigenvalue weighted by molar-refractivity contribution is 7.10. The average molecular weight is 344 g/mol. The van der Waals surface area contributed by atoms with Gasteiger partial charge in [-0.05, 0) is 24.3 Å². The molecule has 0 unspecified atom stereocenters. The Morgan fingerprint density at radius 2 is 1.88 bits per heavy atom. The number of rotatable bonds is 5. The van der Waals surface area contributed by atoms with E-state index in [9.17, 15) is 9.59 Å². The molecule has 3 N–H and O–H groups in total. The van der Waals surface area contributed by atoms with Crippen LogP contribution >= 0.6 is 11.3 Å². The zero-order valence-electron chi connectivity index (χ0n) is 13.3. The van der Waals surface area contributed by atoms with Gasteiger partial charge in [0.25, 0.3) is 11.8 Å². The summed E-state index contributed by atoms with van der Waals surface area (Å²) < 4.78 is 0. The van der Waals surface area contributed by atoms with Crippen molar-refractivity contribution >= 4 is 23.2 Å². The molecule has 2 heterocycles. The van der Waals surface area contributed by atoms with Crippen molar-refractivity contribution in [3.8, 4) is 0 Å². The monoisotopic (exact) mass is 344 g/mol. The zero-order chi connectivity index (χ0) is 17.0. The normalized spacial score (nSPS) is 16.5. The molecule has 24 heavy (non-hydrogen) atoms. The van der Waals surface area contributed by atoms with E-state index in [2.05, 4.69) is 26.7 Å². The summed E-state index contributed by atoms with van der Waals surface area (Å²) in [6.07, 6.45) is 8.39. The molecule has 2 aromatic rings. The van der Waals surface area contributed by atoms with Crippen molar-refractivity contribution in [1.29, 1.82) is 0 Å². The van der Waals surface area contributed by atoms with Gasteiger partial charge in [0.2, 0.25) is 0 Å². The van der Waals surface area contributed by atoms with E-state index < -0.39 is 11.8 Å². The predicted molar refractivity (Wildman–Crippen MR) is 92.0 cm³/mol. The summed E-state index contributed by atoms with van der Waals surface area (Å²) in [5.74, 6) is -1.16. The summed E-state index contributed by atoms with van der Waals surface area (Å²) in [6.45, 7) is 0.529. The van der Waals surface area contributed by atoms with Crippen molar-refractivity contribution in [2.24, 2.45) is 5.73 Å². The molecule has 2 aromatic heterocycles. The highest BCUT2D eigenvalue weighted by Gasteiger charge is 2.35. The fourth-order valence-corrected chi connectivity index (χ4v) is 4.32. The van der Waals surface area contributed by atoms with E-state index in [4.69, 9.17) is 5.73 Å². The van der Waals surface area contributed by atoms with Crippen LogP contribution in [0, 0.1) is 0 Å². The average Bonchev–Trinajstić information content (AvgIpc) is 3.16. The number of nitrogens with two attached hydrogens (primary N) is 1. The first kappa shape index (κ1) is 16.6. The van der Waals surface area contributed by atoms with Gasteiger partial charge in [-0.3, -0.25) is 9.59 Å². The van der Waals surface area contributed by atoms with E-state index in [1.807, 2.05) is 6.07 Å². The quantitative estimate of drug-likeness (QED) is 0.869. The lowest BCUT2D eigenvalue weighted by Gasteiger charge is -2.36. The Balaban J connectivity index is 1.78. The number of aromatic nitrogens is 2. The molecule has 0 aliphatic heterocycles. The van der Waals surface area contributed by atoms with Crippen LogP contribution in [-0.4, -0.2) is 28.3 Å². The molecule has 3 rings (SSSR count). The molecular formula is C17H20N4O2S. The Morgan fingerprint density at radius 1 is 1.17 bits per heavy atom. The van der Waals surface area contributed by atoms with Gasteiger partial charge in [-0.25, -0.2) is 9.97 Å². The van der Waals surface area contributed by atoms with E-state index in [0.29, 0.717) is 6.54 Å². The van der Waals surface area contributed by atoms with E-state index in [1.165, 1.54) is 23.7 Å². The number of carbonyl (C=O) groups excluding carboxylic acids is 2. The third-order valence-electron chi connectivity index (χ3n) is 4.59. The van der Waals surface area contributed by atoms with Crippen molar-refractivity contribution in [3.05, 3.63) is 46.2 Å². The number of nitrogens with one attached hydrogen (secondary N) is 1. The predicted octanol–water partition coefficient (Wildman–Crippen LogP) is 2.27. The van der Waals surface area contributed by atoms with Crippen LogP contribution in [0.5, 0.6) is 0 Å². The van der Waals surface area contributed by atoms with Crippen molar-refractivity contribution in [2.45, 2.75) is 37.5 Å². The third kappa shape index (κ3) is 3.31. The van der Waals surface area contributed by atoms with Gasteiger partial charge < -0.3 is 11.1 Å². The van der Waals surface area contributed by atoms with Crippen molar-refractivity contribution in [3.63, 3.8) is 0 Å². The molecule has 0 aromatic carbocycles. The lowest BCUT2D eigenvalue weighted by molar-refractivity contribution is 0.0915. The minimum Gasteiger partial charge on any atom is -0.364 e. The van der Waals surface area contributed by atoms with Crippen molar-refractivity contribution in [2.75, 3.05) is 6.54 Å². The van der Waals surface area contributed by atoms with Crippen LogP contribution < -0.4 is 11.1 Å². The van der Waals surface area contributed by atoms with Crippen molar-refractivity contribution in [1.82, 2.24) is 15.3 Å². The minimum absolute atomic E-state index is 0.0119. The molecule has 0 spiro atoms. The molecule has 2 amide bonds. The number of amides is 2. The lowest BCUT2D eigenvalue weighted by atomic mass is 9.73. The van der Waals surface area contributed by atoms with Gasteiger partial charge in [-0.2, -0.15) is 0 Å². The van der Waals surface area contributed by atoms with Crippen LogP contribution in [0.3, 0.4) is 0 Å². The van der Waals surface area contributed by atoms with Crippen LogP contribution in [-0.2, 0) is 5.41 Å². The number of primary amides is 1. The van der Waals surface area contributed by atoms with Gasteiger partial charge >= 0.3 is 0 Å². The first-order valence-electron chi connectivity index (χ1n) is 8.05. The molecule has 1 fully saturated rings. The summed E-state index contributed by atoms with van der Waals surface area (Å²) in [6, 6.07) is 4.19. The van der Waals surface area contributed by atoms with Gasteiger partial charge in [-0.15, -0.1) is 11.3 Å². The SMILES string of the molecule is NC(=O)c1nccnc1C(=O)NCC1(c2cccs2)CCCCC1. The van der Waals surface area contributed by atoms with E-state index in [0.717, 1.165) is 25.7 Å². The summed E-state index contributed by atoms with van der Waals surface area (Å²) in [5, 5.41) is 5.02. The summed E-state index contributed by atoms with van der Waals surface area (Å²) >= 11 is 1.73. The fraction of sp³-hybridized carbons (Fsp3) is 0.412. The van der Waals surface area contributed by atoms with Crippen LogP contribution in [0.15, 0.2) is 29.9 Å². The first-order valence-corrected chi connectivity index (χ1v) is 8.93. The molecule has 0 bridgehead atoms. The van der Waals surface area contributed by atoms with E-state index in [1.54, 1.807) is 11.3 Å². The van der Waals surface area contributed by atoms with Gasteiger partial charge in [0.1, 0.15) is 0 Å². The number of thiophene rings is 1. The molecule has 0 atom stereocenters. The highest BCUT2D eigenvalue weighted by atomic mass is 32.1. The Labute approximate surface area is 144 Å². The fourth-order valence-electron chi connectivity index (χ4n) is 3.34. The molecule has 0 saturated heterocycles. The van der Waals surface area contributed by atoms with Crippen LogP contribution in [0.1, 0.15) is 58.0 Å². The number of hydrogen-bond donors (Lipinski definition) is 2. The summed E-state index contributed by atoms with van der Waals surface area (Å²) in [7, 11) is 0. The highest BCUT2D eigenvalue weighted by Crippen LogP contribution is 2.41. The Kier molecular flexibility index (Phi) is 4.89. The maximum absolute atomic E-state index is 12.5. The van der Waals surface area contributed by atoms with Crippen molar-refractivity contribution < 1.29 is 9.59 Å². The second-order valence-corrected chi connectivity index (χ2v) is 7.07. The summed E-state index contributed by atoms with van der Waals surface area (Å²) in [4.78, 5) is 33.1. The standard InChI is InChI=1S/C17H20N4O2S/c18-15(22)13-14(20-9-8-19-13)16(23)21-11-17(6-2-1-3-7-17)12-5-4-10-24-12/h4-5,8-10H,1-3,6-7,11H2,(H2,18,22)(H,21,23). The van der Waals surface area contributed by atoms with Gasteiger partial charge in [0, 0.05) is 29.2 Å². The van der Waals surface area contributed by atoms with E-state index >= 15 is 0 Å². The van der Waals surface area contributed by atoms with Gasteiger partial charge in [-0.1, -0.05) is 25.3 Å². The molecule has 1 aliphatic carbocycles. The van der Waals surface area contributed by atoms with Gasteiger partial charge in [0.05, 0.1) is 0 Å². The number of carbonyl (C=O) groups is 2. The minimum atomic E-state index is -0.751. The Bertz CT molecular complexity index is 724. The van der Waals surface area contributed by atoms with Crippen LogP contribution in [0.4, 0.5) is 0 Å². The smallest absolute Gasteiger partial charge is 0.272 e. The molecular weight excluding hydrogens is 324 g/mol. The number of hydrogen-bond acceptors (Lipinski definition) is 5. The molecule has 6 nitrogen and oxygen atoms in total. The maximum atomic E-state index is 12.5. The summed E-state index contributed by atoms with van der Waals surface area (Å²) in [5.41, 5.74) is 5.14. The van der Waals surface area contributed by atoms with Crippen LogP contribution in [0.2, 0.25) is 0 Å². The topological polar surface area (TPSA) is 98.0 Å². The third-order valence-corrected chi connectivity index (χ3v) is 5.70. The Morgan fingerprint density at radius 3 is 2.50 bits per heavy atom. The molecule has 126 valence electrons. The first-order chi connectivity index (χ1) is 11.6. The maximum Gasteiger partial charge on any atom is 0.272 e. The lowest BCUT2D eigenvalue weighted by Crippen LogP contribution is -2.42. The van der Waals surface area contributed by atoms with Crippen LogP contribution in [0.25, 0.3) is 0 Å². The molecule has 7 heteroatoms. The number of nitrogens with zero attached hydrogens (tertiary/aromatic N) is 2. The second-order valence-electron chi connectivity index (χ2n) is 6.12. The second kappa shape index (κ2) is 7.09. The van der Waals surface area contributed by atoms with E-state index in [-0.39, 0.29) is 16.8 Å². The zero-order valence-corrected chi connectivity index (χ0v) is 14.1. The Hall–Kier alpha value is -2.28. The largest absolute Gasteiger partial charge is 0.364 e. The molecule has 1 saturated carbocycles.